The Balaban J connectivity index is 2.15. The van der Waals surface area contributed by atoms with E-state index in [1.807, 2.05) is 0 Å². The third-order valence-corrected chi connectivity index (χ3v) is 4.15. The highest BCUT2D eigenvalue weighted by molar-refractivity contribution is 7.12. The van der Waals surface area contributed by atoms with Crippen molar-refractivity contribution in [3.8, 4) is 0 Å². The molecule has 1 aromatic heterocycles. The second kappa shape index (κ2) is 4.29. The Morgan fingerprint density at radius 1 is 1.59 bits per heavy atom. The summed E-state index contributed by atoms with van der Waals surface area (Å²) in [4.78, 5) is 24.9. The van der Waals surface area contributed by atoms with Crippen LogP contribution in [-0.4, -0.2) is 40.5 Å². The van der Waals surface area contributed by atoms with Crippen LogP contribution in [0.5, 0.6) is 0 Å². The molecule has 0 saturated carbocycles. The van der Waals surface area contributed by atoms with Gasteiger partial charge in [-0.3, -0.25) is 9.59 Å². The van der Waals surface area contributed by atoms with Crippen molar-refractivity contribution in [2.45, 2.75) is 12.0 Å². The molecule has 1 atom stereocenters. The molecule has 1 saturated heterocycles. The van der Waals surface area contributed by atoms with Gasteiger partial charge in [-0.2, -0.15) is 0 Å². The fourth-order valence-corrected chi connectivity index (χ4v) is 2.87. The molecule has 1 unspecified atom stereocenters. The summed E-state index contributed by atoms with van der Waals surface area (Å²) in [5.41, 5.74) is 4.36. The molecule has 1 aliphatic heterocycles. The van der Waals surface area contributed by atoms with Crippen LogP contribution < -0.4 is 5.73 Å². The van der Waals surface area contributed by atoms with Crippen LogP contribution in [-0.2, 0) is 4.79 Å². The largest absolute Gasteiger partial charge is 0.480 e. The normalized spacial score (nSPS) is 24.0. The summed E-state index contributed by atoms with van der Waals surface area (Å²) in [6.45, 7) is 0.366. The maximum atomic E-state index is 12.0. The molecule has 3 N–H and O–H groups in total. The molecule has 0 bridgehead atoms. The average Bonchev–Trinajstić information content (AvgIpc) is 2.85. The second-order valence-corrected chi connectivity index (χ2v) is 5.36. The first-order valence-electron chi connectivity index (χ1n) is 4.98. The van der Waals surface area contributed by atoms with E-state index in [2.05, 4.69) is 0 Å². The van der Waals surface area contributed by atoms with Gasteiger partial charge >= 0.3 is 5.97 Å². The Hall–Kier alpha value is -1.11. The topological polar surface area (TPSA) is 83.6 Å². The van der Waals surface area contributed by atoms with E-state index in [0.29, 0.717) is 16.4 Å². The Morgan fingerprint density at radius 2 is 2.29 bits per heavy atom. The van der Waals surface area contributed by atoms with Crippen molar-refractivity contribution in [2.75, 3.05) is 13.1 Å². The van der Waals surface area contributed by atoms with Crippen molar-refractivity contribution in [1.29, 1.82) is 0 Å². The maximum Gasteiger partial charge on any atom is 0.325 e. The zero-order valence-electron chi connectivity index (χ0n) is 8.85. The van der Waals surface area contributed by atoms with Crippen molar-refractivity contribution in [1.82, 2.24) is 4.90 Å². The van der Waals surface area contributed by atoms with E-state index in [0.717, 1.165) is 0 Å². The zero-order valence-corrected chi connectivity index (χ0v) is 10.4. The molecule has 2 rings (SSSR count). The quantitative estimate of drug-likeness (QED) is 0.844. The van der Waals surface area contributed by atoms with Gasteiger partial charge in [0, 0.05) is 13.1 Å². The molecule has 1 fully saturated rings. The monoisotopic (exact) mass is 274 g/mol. The van der Waals surface area contributed by atoms with Crippen LogP contribution in [0.1, 0.15) is 16.1 Å². The fraction of sp³-hybridized carbons (Fsp3) is 0.400. The number of halogens is 1. The molecule has 1 aliphatic rings. The van der Waals surface area contributed by atoms with Crippen LogP contribution in [0.3, 0.4) is 0 Å². The van der Waals surface area contributed by atoms with Gasteiger partial charge in [0.2, 0.25) is 0 Å². The van der Waals surface area contributed by atoms with E-state index >= 15 is 0 Å². The lowest BCUT2D eigenvalue weighted by atomic mass is 10.0. The molecule has 0 aromatic carbocycles. The first kappa shape index (κ1) is 12.3. The smallest absolute Gasteiger partial charge is 0.325 e. The van der Waals surface area contributed by atoms with Crippen LogP contribution in [0.15, 0.2) is 11.4 Å². The molecular formula is C10H11ClN2O3S. The highest BCUT2D eigenvalue weighted by Crippen LogP contribution is 2.27. The van der Waals surface area contributed by atoms with Gasteiger partial charge in [0.1, 0.15) is 10.4 Å². The van der Waals surface area contributed by atoms with Crippen LogP contribution >= 0.6 is 22.9 Å². The summed E-state index contributed by atoms with van der Waals surface area (Å²) in [6, 6.07) is 1.64. The van der Waals surface area contributed by atoms with Gasteiger partial charge in [-0.15, -0.1) is 11.3 Å². The van der Waals surface area contributed by atoms with Gasteiger partial charge in [0.25, 0.3) is 5.91 Å². The minimum Gasteiger partial charge on any atom is -0.480 e. The fourth-order valence-electron chi connectivity index (χ4n) is 1.77. The Kier molecular flexibility index (Phi) is 3.11. The number of likely N-dealkylation sites (tertiary alicyclic amines) is 1. The number of aliphatic carboxylic acids is 1. The predicted octanol–water partition coefficient (Wildman–Crippen LogP) is 1.03. The van der Waals surface area contributed by atoms with E-state index in [9.17, 15) is 9.59 Å². The number of carboxylic acid groups (broad SMARTS) is 1. The minimum atomic E-state index is -1.33. The summed E-state index contributed by atoms with van der Waals surface area (Å²) < 4.78 is 0. The van der Waals surface area contributed by atoms with Crippen LogP contribution in [0.25, 0.3) is 0 Å². The molecular weight excluding hydrogens is 264 g/mol. The number of nitrogens with zero attached hydrogens (tertiary/aromatic N) is 1. The molecule has 92 valence electrons. The number of carbonyl (C=O) groups excluding carboxylic acids is 1. The number of thiophene rings is 1. The lowest BCUT2D eigenvalue weighted by Crippen LogP contribution is -2.50. The Morgan fingerprint density at radius 3 is 2.76 bits per heavy atom. The van der Waals surface area contributed by atoms with Crippen LogP contribution in [0.4, 0.5) is 0 Å². The summed E-state index contributed by atoms with van der Waals surface area (Å²) in [5, 5.41) is 11.1. The van der Waals surface area contributed by atoms with Gasteiger partial charge < -0.3 is 15.7 Å². The van der Waals surface area contributed by atoms with Gasteiger partial charge in [-0.1, -0.05) is 11.6 Å². The molecule has 5 nitrogen and oxygen atoms in total. The first-order valence-corrected chi connectivity index (χ1v) is 6.24. The highest BCUT2D eigenvalue weighted by Gasteiger charge is 2.43. The first-order chi connectivity index (χ1) is 7.94. The molecule has 7 heteroatoms. The summed E-state index contributed by atoms with van der Waals surface area (Å²) in [7, 11) is 0. The minimum absolute atomic E-state index is 0.0232. The van der Waals surface area contributed by atoms with E-state index in [4.69, 9.17) is 22.4 Å². The SMILES string of the molecule is NC1(C(=O)O)CCN(C(=O)c2sccc2Cl)C1. The maximum absolute atomic E-state index is 12.0. The van der Waals surface area contributed by atoms with E-state index in [1.54, 1.807) is 11.4 Å². The number of carboxylic acids is 1. The average molecular weight is 275 g/mol. The van der Waals surface area contributed by atoms with Gasteiger partial charge in [-0.05, 0) is 17.9 Å². The molecule has 2 heterocycles. The highest BCUT2D eigenvalue weighted by atomic mass is 35.5. The zero-order chi connectivity index (χ0) is 12.6. The van der Waals surface area contributed by atoms with E-state index in [1.165, 1.54) is 16.2 Å². The molecule has 0 spiro atoms. The van der Waals surface area contributed by atoms with Gasteiger partial charge in [0.15, 0.2) is 0 Å². The van der Waals surface area contributed by atoms with E-state index < -0.39 is 11.5 Å². The number of hydrogen-bond donors (Lipinski definition) is 2. The van der Waals surface area contributed by atoms with Crippen molar-refractivity contribution >= 4 is 34.8 Å². The number of carbonyl (C=O) groups is 2. The van der Waals surface area contributed by atoms with Gasteiger partial charge in [-0.25, -0.2) is 0 Å². The van der Waals surface area contributed by atoms with Crippen molar-refractivity contribution in [3.05, 3.63) is 21.3 Å². The predicted molar refractivity (Wildman–Crippen MR) is 64.4 cm³/mol. The standard InChI is InChI=1S/C10H11ClN2O3S/c11-6-1-4-17-7(6)8(14)13-3-2-10(12,5-13)9(15)16/h1,4H,2-3,5,12H2,(H,15,16). The lowest BCUT2D eigenvalue weighted by molar-refractivity contribution is -0.142. The summed E-state index contributed by atoms with van der Waals surface area (Å²) in [6.07, 6.45) is 0.261. The molecule has 0 aliphatic carbocycles. The summed E-state index contributed by atoms with van der Waals surface area (Å²) >= 11 is 7.10. The number of hydrogen-bond acceptors (Lipinski definition) is 4. The van der Waals surface area contributed by atoms with Crippen molar-refractivity contribution in [2.24, 2.45) is 5.73 Å². The number of rotatable bonds is 2. The third-order valence-electron chi connectivity index (χ3n) is 2.83. The Labute approximate surface area is 107 Å². The number of nitrogens with two attached hydrogens (primary N) is 1. The van der Waals surface area contributed by atoms with Gasteiger partial charge in [0.05, 0.1) is 5.02 Å². The molecule has 17 heavy (non-hydrogen) atoms. The molecule has 1 amide bonds. The van der Waals surface area contributed by atoms with Crippen LogP contribution in [0, 0.1) is 0 Å². The van der Waals surface area contributed by atoms with E-state index in [-0.39, 0.29) is 18.9 Å². The Bertz CT molecular complexity index is 476. The second-order valence-electron chi connectivity index (χ2n) is 4.04. The number of amides is 1. The van der Waals surface area contributed by atoms with Crippen molar-refractivity contribution in [3.63, 3.8) is 0 Å². The van der Waals surface area contributed by atoms with Crippen molar-refractivity contribution < 1.29 is 14.7 Å². The molecule has 0 radical (unpaired) electrons. The molecule has 1 aromatic rings. The van der Waals surface area contributed by atoms with Crippen LogP contribution in [0.2, 0.25) is 5.02 Å². The summed E-state index contributed by atoms with van der Waals surface area (Å²) in [5.74, 6) is -1.33. The lowest BCUT2D eigenvalue weighted by Gasteiger charge is -2.19. The third kappa shape index (κ3) is 2.15.